The van der Waals surface area contributed by atoms with Crippen LogP contribution in [0.25, 0.3) is 45.0 Å². The van der Waals surface area contributed by atoms with Crippen LogP contribution in [0.1, 0.15) is 5.56 Å². The highest BCUT2D eigenvalue weighted by molar-refractivity contribution is 5.94. The molecule has 0 aliphatic heterocycles. The van der Waals surface area contributed by atoms with Gasteiger partial charge in [-0.1, -0.05) is 83.5 Å². The van der Waals surface area contributed by atoms with Gasteiger partial charge in [-0.3, -0.25) is 0 Å². The summed E-state index contributed by atoms with van der Waals surface area (Å²) in [6.45, 7) is 2.06. The number of hydrogen-bond acceptors (Lipinski definition) is 4. The molecule has 0 saturated carbocycles. The van der Waals surface area contributed by atoms with Crippen molar-refractivity contribution in [3.05, 3.63) is 90.5 Å². The summed E-state index contributed by atoms with van der Waals surface area (Å²) in [7, 11) is 0. The molecule has 3 aromatic carbocycles. The van der Waals surface area contributed by atoms with Crippen molar-refractivity contribution in [2.75, 3.05) is 0 Å². The van der Waals surface area contributed by atoms with Gasteiger partial charge >= 0.3 is 0 Å². The summed E-state index contributed by atoms with van der Waals surface area (Å²) in [4.78, 5) is 9.48. The third kappa shape index (κ3) is 2.95. The number of pyridine rings is 1. The van der Waals surface area contributed by atoms with E-state index < -0.39 is 0 Å². The van der Waals surface area contributed by atoms with Crippen LogP contribution in [-0.4, -0.2) is 15.1 Å². The van der Waals surface area contributed by atoms with E-state index in [0.717, 1.165) is 33.3 Å². The summed E-state index contributed by atoms with van der Waals surface area (Å²) in [5.41, 5.74) is 5.84. The molecule has 0 bridgehead atoms. The maximum Gasteiger partial charge on any atom is 0.259 e. The van der Waals surface area contributed by atoms with Crippen molar-refractivity contribution in [2.45, 2.75) is 6.92 Å². The van der Waals surface area contributed by atoms with Gasteiger partial charge in [0.2, 0.25) is 5.82 Å². The Morgan fingerprint density at radius 2 is 1.46 bits per heavy atom. The van der Waals surface area contributed by atoms with Gasteiger partial charge in [0, 0.05) is 16.5 Å². The SMILES string of the molecule is Cc1ccc(-c2noc(-c3cc(-c4ccccc4)nc4ccccc34)n2)cc1. The molecule has 0 atom stereocenters. The molecule has 2 aromatic heterocycles. The molecule has 0 unspecified atom stereocenters. The van der Waals surface area contributed by atoms with Crippen LogP contribution in [0.5, 0.6) is 0 Å². The van der Waals surface area contributed by atoms with E-state index in [0.29, 0.717) is 11.7 Å². The molecule has 0 amide bonds. The lowest BCUT2D eigenvalue weighted by atomic mass is 10.0. The standard InChI is InChI=1S/C24H17N3O/c1-16-11-13-18(14-12-16)23-26-24(28-27-23)20-15-22(17-7-3-2-4-8-17)25-21-10-6-5-9-19(20)21/h2-15H,1H3. The van der Waals surface area contributed by atoms with E-state index in [2.05, 4.69) is 17.1 Å². The second kappa shape index (κ2) is 6.74. The van der Waals surface area contributed by atoms with Crippen molar-refractivity contribution in [2.24, 2.45) is 0 Å². The van der Waals surface area contributed by atoms with Gasteiger partial charge < -0.3 is 4.52 Å². The van der Waals surface area contributed by atoms with Gasteiger partial charge in [-0.05, 0) is 19.1 Å². The van der Waals surface area contributed by atoms with Crippen molar-refractivity contribution in [3.63, 3.8) is 0 Å². The van der Waals surface area contributed by atoms with Crippen LogP contribution < -0.4 is 0 Å². The maximum atomic E-state index is 5.65. The van der Waals surface area contributed by atoms with Crippen LogP contribution in [-0.2, 0) is 0 Å². The molecule has 28 heavy (non-hydrogen) atoms. The Bertz CT molecular complexity index is 1260. The number of rotatable bonds is 3. The smallest absolute Gasteiger partial charge is 0.259 e. The highest BCUT2D eigenvalue weighted by Crippen LogP contribution is 2.32. The topological polar surface area (TPSA) is 51.8 Å². The normalized spacial score (nSPS) is 11.0. The second-order valence-corrected chi connectivity index (χ2v) is 6.73. The molecule has 0 aliphatic rings. The molecule has 5 rings (SSSR count). The first-order chi connectivity index (χ1) is 13.8. The number of para-hydroxylation sites is 1. The number of hydrogen-bond donors (Lipinski definition) is 0. The minimum absolute atomic E-state index is 0.492. The number of benzene rings is 3. The van der Waals surface area contributed by atoms with Gasteiger partial charge in [-0.2, -0.15) is 4.98 Å². The van der Waals surface area contributed by atoms with Crippen LogP contribution in [0.2, 0.25) is 0 Å². The lowest BCUT2D eigenvalue weighted by Crippen LogP contribution is -1.90. The van der Waals surface area contributed by atoms with E-state index in [1.165, 1.54) is 5.56 Å². The second-order valence-electron chi connectivity index (χ2n) is 6.73. The highest BCUT2D eigenvalue weighted by Gasteiger charge is 2.16. The summed E-state index contributed by atoms with van der Waals surface area (Å²) >= 11 is 0. The Labute approximate surface area is 162 Å². The Morgan fingerprint density at radius 3 is 2.29 bits per heavy atom. The molecular weight excluding hydrogens is 346 g/mol. The van der Waals surface area contributed by atoms with E-state index in [-0.39, 0.29) is 0 Å². The Balaban J connectivity index is 1.67. The van der Waals surface area contributed by atoms with Crippen molar-refractivity contribution in [1.82, 2.24) is 15.1 Å². The van der Waals surface area contributed by atoms with E-state index >= 15 is 0 Å². The summed E-state index contributed by atoms with van der Waals surface area (Å²) in [6, 6.07) is 28.2. The molecule has 0 N–H and O–H groups in total. The first-order valence-electron chi connectivity index (χ1n) is 9.14. The van der Waals surface area contributed by atoms with Crippen molar-refractivity contribution in [1.29, 1.82) is 0 Å². The molecule has 0 aliphatic carbocycles. The number of aryl methyl sites for hydroxylation is 1. The largest absolute Gasteiger partial charge is 0.334 e. The predicted octanol–water partition coefficient (Wildman–Crippen LogP) is 5.93. The third-order valence-corrected chi connectivity index (χ3v) is 4.75. The van der Waals surface area contributed by atoms with Crippen LogP contribution in [0.15, 0.2) is 89.5 Å². The zero-order valence-electron chi connectivity index (χ0n) is 15.3. The molecule has 2 heterocycles. The third-order valence-electron chi connectivity index (χ3n) is 4.75. The monoisotopic (exact) mass is 363 g/mol. The fraction of sp³-hybridized carbons (Fsp3) is 0.0417. The van der Waals surface area contributed by atoms with Gasteiger partial charge in [0.1, 0.15) is 0 Å². The molecule has 0 spiro atoms. The minimum Gasteiger partial charge on any atom is -0.334 e. The van der Waals surface area contributed by atoms with Crippen LogP contribution in [0.4, 0.5) is 0 Å². The Hall–Kier alpha value is -3.79. The molecule has 0 saturated heterocycles. The number of nitrogens with zero attached hydrogens (tertiary/aromatic N) is 3. The molecular formula is C24H17N3O. The zero-order chi connectivity index (χ0) is 18.9. The Morgan fingerprint density at radius 1 is 0.714 bits per heavy atom. The summed E-state index contributed by atoms with van der Waals surface area (Å²) < 4.78 is 5.65. The highest BCUT2D eigenvalue weighted by atomic mass is 16.5. The summed E-state index contributed by atoms with van der Waals surface area (Å²) in [5.74, 6) is 1.07. The summed E-state index contributed by atoms with van der Waals surface area (Å²) in [5, 5.41) is 5.18. The lowest BCUT2D eigenvalue weighted by molar-refractivity contribution is 0.432. The first kappa shape index (κ1) is 16.4. The average molecular weight is 363 g/mol. The van der Waals surface area contributed by atoms with Gasteiger partial charge in [0.25, 0.3) is 5.89 Å². The lowest BCUT2D eigenvalue weighted by Gasteiger charge is -2.07. The van der Waals surface area contributed by atoms with E-state index in [1.807, 2.05) is 84.9 Å². The first-order valence-corrected chi connectivity index (χ1v) is 9.14. The molecule has 4 heteroatoms. The fourth-order valence-electron chi connectivity index (χ4n) is 3.26. The van der Waals surface area contributed by atoms with Crippen LogP contribution >= 0.6 is 0 Å². The van der Waals surface area contributed by atoms with Crippen LogP contribution in [0.3, 0.4) is 0 Å². The van der Waals surface area contributed by atoms with Crippen LogP contribution in [0, 0.1) is 6.92 Å². The molecule has 0 fully saturated rings. The molecule has 134 valence electrons. The van der Waals surface area contributed by atoms with E-state index in [4.69, 9.17) is 9.51 Å². The molecule has 0 radical (unpaired) electrons. The van der Waals surface area contributed by atoms with E-state index in [1.54, 1.807) is 0 Å². The van der Waals surface area contributed by atoms with Gasteiger partial charge in [0.05, 0.1) is 16.8 Å². The average Bonchev–Trinajstić information content (AvgIpc) is 3.24. The van der Waals surface area contributed by atoms with Gasteiger partial charge in [-0.25, -0.2) is 4.98 Å². The molecule has 5 aromatic rings. The van der Waals surface area contributed by atoms with Crippen molar-refractivity contribution in [3.8, 4) is 34.1 Å². The van der Waals surface area contributed by atoms with Crippen molar-refractivity contribution < 1.29 is 4.52 Å². The number of fused-ring (bicyclic) bond motifs is 1. The van der Waals surface area contributed by atoms with E-state index in [9.17, 15) is 0 Å². The fourth-order valence-corrected chi connectivity index (χ4v) is 3.26. The minimum atomic E-state index is 0.492. The molecule has 4 nitrogen and oxygen atoms in total. The van der Waals surface area contributed by atoms with Gasteiger partial charge in [-0.15, -0.1) is 0 Å². The van der Waals surface area contributed by atoms with Crippen molar-refractivity contribution >= 4 is 10.9 Å². The summed E-state index contributed by atoms with van der Waals surface area (Å²) in [6.07, 6.45) is 0. The Kier molecular flexibility index (Phi) is 3.95. The zero-order valence-corrected chi connectivity index (χ0v) is 15.3. The quantitative estimate of drug-likeness (QED) is 0.399. The maximum absolute atomic E-state index is 5.65. The van der Waals surface area contributed by atoms with Gasteiger partial charge in [0.15, 0.2) is 0 Å². The number of aromatic nitrogens is 3. The predicted molar refractivity (Wildman–Crippen MR) is 111 cm³/mol.